The molecule has 0 unspecified atom stereocenters. The Morgan fingerprint density at radius 3 is 2.67 bits per heavy atom. The Morgan fingerprint density at radius 2 is 2.00 bits per heavy atom. The second kappa shape index (κ2) is 5.85. The van der Waals surface area contributed by atoms with Crippen LogP contribution in [0, 0.1) is 5.82 Å². The fourth-order valence-corrected chi connectivity index (χ4v) is 3.44. The smallest absolute Gasteiger partial charge is 0.234 e. The van der Waals surface area contributed by atoms with Crippen molar-refractivity contribution in [3.63, 3.8) is 0 Å². The SMILES string of the molecule is NCC1(c2nc(-c3cc(F)cc(Br)c3)no2)CCCCC1. The maximum Gasteiger partial charge on any atom is 0.234 e. The Kier molecular flexibility index (Phi) is 4.08. The molecule has 3 rings (SSSR count). The molecular weight excluding hydrogens is 337 g/mol. The molecule has 1 aromatic heterocycles. The Morgan fingerprint density at radius 1 is 1.24 bits per heavy atom. The van der Waals surface area contributed by atoms with Crippen LogP contribution in [0.3, 0.4) is 0 Å². The lowest BCUT2D eigenvalue weighted by molar-refractivity contribution is 0.220. The molecule has 1 saturated carbocycles. The zero-order valence-corrected chi connectivity index (χ0v) is 13.2. The second-order valence-corrected chi connectivity index (χ2v) is 6.54. The molecule has 6 heteroatoms. The van der Waals surface area contributed by atoms with Crippen molar-refractivity contribution < 1.29 is 8.91 Å². The lowest BCUT2D eigenvalue weighted by Gasteiger charge is -2.32. The molecule has 112 valence electrons. The Hall–Kier alpha value is -1.27. The van der Waals surface area contributed by atoms with E-state index in [0.717, 1.165) is 25.7 Å². The molecule has 21 heavy (non-hydrogen) atoms. The molecule has 0 aliphatic heterocycles. The molecule has 1 aliphatic carbocycles. The number of hydrogen-bond donors (Lipinski definition) is 1. The van der Waals surface area contributed by atoms with E-state index in [1.165, 1.54) is 18.6 Å². The summed E-state index contributed by atoms with van der Waals surface area (Å²) in [5.41, 5.74) is 6.35. The zero-order chi connectivity index (χ0) is 14.9. The quantitative estimate of drug-likeness (QED) is 0.911. The summed E-state index contributed by atoms with van der Waals surface area (Å²) in [4.78, 5) is 4.48. The van der Waals surface area contributed by atoms with E-state index in [0.29, 0.717) is 28.3 Å². The minimum Gasteiger partial charge on any atom is -0.338 e. The molecule has 0 spiro atoms. The van der Waals surface area contributed by atoms with Crippen molar-refractivity contribution in [1.29, 1.82) is 0 Å². The average molecular weight is 354 g/mol. The fraction of sp³-hybridized carbons (Fsp3) is 0.467. The molecule has 0 amide bonds. The molecule has 1 fully saturated rings. The fourth-order valence-electron chi connectivity index (χ4n) is 2.97. The van der Waals surface area contributed by atoms with Gasteiger partial charge in [-0.1, -0.05) is 40.3 Å². The van der Waals surface area contributed by atoms with Gasteiger partial charge in [-0.2, -0.15) is 4.98 Å². The molecule has 0 radical (unpaired) electrons. The van der Waals surface area contributed by atoms with Crippen molar-refractivity contribution >= 4 is 15.9 Å². The first-order valence-corrected chi connectivity index (χ1v) is 7.93. The molecule has 1 aromatic carbocycles. The third-order valence-corrected chi connectivity index (χ3v) is 4.66. The summed E-state index contributed by atoms with van der Waals surface area (Å²) in [6, 6.07) is 4.57. The number of nitrogens with two attached hydrogens (primary N) is 1. The summed E-state index contributed by atoms with van der Waals surface area (Å²) in [6.07, 6.45) is 5.41. The number of benzene rings is 1. The van der Waals surface area contributed by atoms with E-state index in [2.05, 4.69) is 26.1 Å². The van der Waals surface area contributed by atoms with Crippen LogP contribution >= 0.6 is 15.9 Å². The third-order valence-electron chi connectivity index (χ3n) is 4.20. The van der Waals surface area contributed by atoms with Gasteiger partial charge in [-0.15, -0.1) is 0 Å². The van der Waals surface area contributed by atoms with Gasteiger partial charge in [0.25, 0.3) is 0 Å². The van der Waals surface area contributed by atoms with Crippen molar-refractivity contribution in [2.24, 2.45) is 5.73 Å². The highest BCUT2D eigenvalue weighted by atomic mass is 79.9. The van der Waals surface area contributed by atoms with Crippen LogP contribution in [0.5, 0.6) is 0 Å². The third kappa shape index (κ3) is 2.87. The predicted octanol–water partition coefficient (Wildman–Crippen LogP) is 3.80. The molecule has 4 nitrogen and oxygen atoms in total. The van der Waals surface area contributed by atoms with Gasteiger partial charge in [-0.3, -0.25) is 0 Å². The maximum atomic E-state index is 13.5. The number of aromatic nitrogens is 2. The zero-order valence-electron chi connectivity index (χ0n) is 11.6. The lowest BCUT2D eigenvalue weighted by Crippen LogP contribution is -2.37. The number of halogens is 2. The topological polar surface area (TPSA) is 64.9 Å². The minimum atomic E-state index is -0.336. The van der Waals surface area contributed by atoms with Crippen molar-refractivity contribution in [3.05, 3.63) is 34.4 Å². The molecule has 1 heterocycles. The summed E-state index contributed by atoms with van der Waals surface area (Å²) in [6.45, 7) is 0.501. The van der Waals surface area contributed by atoms with E-state index in [4.69, 9.17) is 10.3 Å². The highest BCUT2D eigenvalue weighted by molar-refractivity contribution is 9.10. The second-order valence-electron chi connectivity index (χ2n) is 5.63. The number of nitrogens with zero attached hydrogens (tertiary/aromatic N) is 2. The molecule has 2 aromatic rings. The van der Waals surface area contributed by atoms with Gasteiger partial charge >= 0.3 is 0 Å². The highest BCUT2D eigenvalue weighted by Gasteiger charge is 2.38. The van der Waals surface area contributed by atoms with Crippen LogP contribution in [0.15, 0.2) is 27.2 Å². The Balaban J connectivity index is 1.95. The summed E-state index contributed by atoms with van der Waals surface area (Å²) in [5.74, 6) is 0.653. The van der Waals surface area contributed by atoms with Crippen molar-refractivity contribution in [3.8, 4) is 11.4 Å². The minimum absolute atomic E-state index is 0.214. The summed E-state index contributed by atoms with van der Waals surface area (Å²) < 4.78 is 19.6. The van der Waals surface area contributed by atoms with E-state index < -0.39 is 0 Å². The van der Waals surface area contributed by atoms with Crippen molar-refractivity contribution in [1.82, 2.24) is 10.1 Å². The number of hydrogen-bond acceptors (Lipinski definition) is 4. The predicted molar refractivity (Wildman–Crippen MR) is 81.2 cm³/mol. The molecule has 0 atom stereocenters. The van der Waals surface area contributed by atoms with Gasteiger partial charge in [-0.05, 0) is 31.0 Å². The highest BCUT2D eigenvalue weighted by Crippen LogP contribution is 2.38. The normalized spacial score (nSPS) is 17.9. The Labute approximate surface area is 131 Å². The van der Waals surface area contributed by atoms with Gasteiger partial charge in [-0.25, -0.2) is 4.39 Å². The monoisotopic (exact) mass is 353 g/mol. The maximum absolute atomic E-state index is 13.5. The van der Waals surface area contributed by atoms with Crippen LogP contribution in [0.1, 0.15) is 38.0 Å². The van der Waals surface area contributed by atoms with Crippen LogP contribution in [0.4, 0.5) is 4.39 Å². The van der Waals surface area contributed by atoms with Crippen molar-refractivity contribution in [2.45, 2.75) is 37.5 Å². The van der Waals surface area contributed by atoms with Crippen LogP contribution in [-0.4, -0.2) is 16.7 Å². The first kappa shape index (κ1) is 14.7. The summed E-state index contributed by atoms with van der Waals surface area (Å²) in [5, 5.41) is 4.01. The number of rotatable bonds is 3. The molecule has 2 N–H and O–H groups in total. The van der Waals surface area contributed by atoms with Crippen LogP contribution in [-0.2, 0) is 5.41 Å². The van der Waals surface area contributed by atoms with Gasteiger partial charge < -0.3 is 10.3 Å². The van der Waals surface area contributed by atoms with Gasteiger partial charge in [0.1, 0.15) is 5.82 Å². The van der Waals surface area contributed by atoms with Gasteiger partial charge in [0, 0.05) is 16.6 Å². The molecule has 0 saturated heterocycles. The summed E-state index contributed by atoms with van der Waals surface area (Å²) in [7, 11) is 0. The van der Waals surface area contributed by atoms with Crippen molar-refractivity contribution in [2.75, 3.05) is 6.54 Å². The molecule has 1 aliphatic rings. The standard InChI is InChI=1S/C15H17BrFN3O/c16-11-6-10(7-12(17)8-11)13-19-14(21-20-13)15(9-18)4-2-1-3-5-15/h6-8H,1-5,9,18H2. The van der Waals surface area contributed by atoms with E-state index in [1.54, 1.807) is 6.07 Å². The van der Waals surface area contributed by atoms with Crippen LogP contribution in [0.25, 0.3) is 11.4 Å². The average Bonchev–Trinajstić information content (AvgIpc) is 2.97. The van der Waals surface area contributed by atoms with E-state index in [1.807, 2.05) is 0 Å². The largest absolute Gasteiger partial charge is 0.338 e. The summed E-state index contributed by atoms with van der Waals surface area (Å²) >= 11 is 3.27. The Bertz CT molecular complexity index is 617. The first-order valence-electron chi connectivity index (χ1n) is 7.14. The lowest BCUT2D eigenvalue weighted by atomic mass is 9.74. The van der Waals surface area contributed by atoms with Crippen LogP contribution < -0.4 is 5.73 Å². The van der Waals surface area contributed by atoms with Gasteiger partial charge in [0.2, 0.25) is 11.7 Å². The van der Waals surface area contributed by atoms with E-state index >= 15 is 0 Å². The molecular formula is C15H17BrFN3O. The van der Waals surface area contributed by atoms with Gasteiger partial charge in [0.05, 0.1) is 5.41 Å². The van der Waals surface area contributed by atoms with Crippen LogP contribution in [0.2, 0.25) is 0 Å². The first-order chi connectivity index (χ1) is 10.1. The van der Waals surface area contributed by atoms with E-state index in [9.17, 15) is 4.39 Å². The molecule has 0 bridgehead atoms. The van der Waals surface area contributed by atoms with Gasteiger partial charge in [0.15, 0.2) is 0 Å². The van der Waals surface area contributed by atoms with E-state index in [-0.39, 0.29) is 11.2 Å².